The van der Waals surface area contributed by atoms with Gasteiger partial charge in [0.1, 0.15) is 5.58 Å². The average Bonchev–Trinajstić information content (AvgIpc) is 3.21. The minimum Gasteiger partial charge on any atom is -0.493 e. The normalized spacial score (nSPS) is 13.2. The first-order valence-electron chi connectivity index (χ1n) is 7.84. The van der Waals surface area contributed by atoms with Crippen LogP contribution in [0.4, 0.5) is 5.69 Å². The minimum absolute atomic E-state index is 0.0593. The van der Waals surface area contributed by atoms with Crippen molar-refractivity contribution >= 4 is 46.0 Å². The smallest absolute Gasteiger partial charge is 0.373 e. The van der Waals surface area contributed by atoms with Crippen LogP contribution >= 0.6 is 11.6 Å². The lowest BCUT2D eigenvalue weighted by molar-refractivity contribution is 0.0567. The van der Waals surface area contributed by atoms with Gasteiger partial charge in [0.15, 0.2) is 5.75 Å². The molecule has 0 unspecified atom stereocenters. The van der Waals surface area contributed by atoms with Crippen molar-refractivity contribution < 1.29 is 28.3 Å². The zero-order valence-corrected chi connectivity index (χ0v) is 15.0. The number of fused-ring (bicyclic) bond motifs is 2. The SMILES string of the molecule is COC(=O)c1cc2c(Cl)c(OC)c(N3C(=O)c4ccccc4C3=O)cc2o1. The molecule has 3 aromatic rings. The van der Waals surface area contributed by atoms with Gasteiger partial charge in [0.25, 0.3) is 11.8 Å². The highest BCUT2D eigenvalue weighted by atomic mass is 35.5. The van der Waals surface area contributed by atoms with Gasteiger partial charge in [0.05, 0.1) is 36.1 Å². The van der Waals surface area contributed by atoms with Gasteiger partial charge in [0.2, 0.25) is 5.76 Å². The number of rotatable bonds is 3. The molecule has 1 aliphatic rings. The Morgan fingerprint density at radius 3 is 2.26 bits per heavy atom. The molecule has 8 heteroatoms. The minimum atomic E-state index is -0.677. The Labute approximate surface area is 158 Å². The molecule has 0 saturated carbocycles. The Kier molecular flexibility index (Phi) is 3.89. The van der Waals surface area contributed by atoms with Crippen LogP contribution in [0.1, 0.15) is 31.3 Å². The summed E-state index contributed by atoms with van der Waals surface area (Å²) in [5.41, 5.74) is 0.922. The quantitative estimate of drug-likeness (QED) is 0.505. The van der Waals surface area contributed by atoms with Crippen LogP contribution in [0, 0.1) is 0 Å². The highest BCUT2D eigenvalue weighted by molar-refractivity contribution is 6.40. The summed E-state index contributed by atoms with van der Waals surface area (Å²) >= 11 is 6.41. The molecular formula is C19H12ClNO6. The van der Waals surface area contributed by atoms with Crippen LogP contribution in [-0.2, 0) is 4.74 Å². The van der Waals surface area contributed by atoms with Crippen molar-refractivity contribution in [2.45, 2.75) is 0 Å². The summed E-state index contributed by atoms with van der Waals surface area (Å²) in [4.78, 5) is 38.3. The van der Waals surface area contributed by atoms with Crippen molar-refractivity contribution in [1.29, 1.82) is 0 Å². The van der Waals surface area contributed by atoms with Gasteiger partial charge in [-0.3, -0.25) is 9.59 Å². The van der Waals surface area contributed by atoms with Gasteiger partial charge >= 0.3 is 5.97 Å². The summed E-state index contributed by atoms with van der Waals surface area (Å²) in [6.45, 7) is 0. The van der Waals surface area contributed by atoms with Gasteiger partial charge in [-0.2, -0.15) is 0 Å². The summed E-state index contributed by atoms with van der Waals surface area (Å²) in [6.07, 6.45) is 0. The zero-order chi connectivity index (χ0) is 19.3. The van der Waals surface area contributed by atoms with E-state index < -0.39 is 17.8 Å². The van der Waals surface area contributed by atoms with E-state index in [2.05, 4.69) is 4.74 Å². The molecule has 136 valence electrons. The number of nitrogens with zero attached hydrogens (tertiary/aromatic N) is 1. The Bertz CT molecular complexity index is 1100. The topological polar surface area (TPSA) is 86.0 Å². The highest BCUT2D eigenvalue weighted by Gasteiger charge is 2.39. The van der Waals surface area contributed by atoms with Gasteiger partial charge < -0.3 is 13.9 Å². The maximum absolute atomic E-state index is 12.8. The lowest BCUT2D eigenvalue weighted by atomic mass is 10.1. The van der Waals surface area contributed by atoms with Crippen LogP contribution in [0.25, 0.3) is 11.0 Å². The van der Waals surface area contributed by atoms with E-state index in [0.29, 0.717) is 5.39 Å². The number of imide groups is 1. The summed E-state index contributed by atoms with van der Waals surface area (Å²) in [5, 5.41) is 0.509. The Hall–Kier alpha value is -3.32. The second-order valence-electron chi connectivity index (χ2n) is 5.75. The van der Waals surface area contributed by atoms with Crippen LogP contribution in [-0.4, -0.2) is 32.0 Å². The Morgan fingerprint density at radius 1 is 1.07 bits per heavy atom. The number of amides is 2. The van der Waals surface area contributed by atoms with Crippen LogP contribution in [0.2, 0.25) is 5.02 Å². The van der Waals surface area contributed by atoms with Crippen molar-refractivity contribution in [3.05, 3.63) is 58.3 Å². The van der Waals surface area contributed by atoms with Gasteiger partial charge in [0, 0.05) is 17.5 Å². The Balaban J connectivity index is 1.93. The van der Waals surface area contributed by atoms with E-state index >= 15 is 0 Å². The van der Waals surface area contributed by atoms with Crippen molar-refractivity contribution in [3.63, 3.8) is 0 Å². The van der Waals surface area contributed by atoms with E-state index in [-0.39, 0.29) is 38.9 Å². The first-order chi connectivity index (χ1) is 13.0. The summed E-state index contributed by atoms with van der Waals surface area (Å²) < 4.78 is 15.5. The third-order valence-electron chi connectivity index (χ3n) is 4.32. The summed E-state index contributed by atoms with van der Waals surface area (Å²) in [5.74, 6) is -1.61. The molecule has 0 spiro atoms. The van der Waals surface area contributed by atoms with Gasteiger partial charge in [-0.25, -0.2) is 9.69 Å². The molecule has 2 amide bonds. The third-order valence-corrected chi connectivity index (χ3v) is 4.70. The second kappa shape index (κ2) is 6.14. The molecule has 0 saturated heterocycles. The van der Waals surface area contributed by atoms with E-state index in [1.807, 2.05) is 0 Å². The maximum Gasteiger partial charge on any atom is 0.373 e. The number of anilines is 1. The molecule has 0 bridgehead atoms. The van der Waals surface area contributed by atoms with Gasteiger partial charge in [-0.05, 0) is 12.1 Å². The number of methoxy groups -OCH3 is 2. The maximum atomic E-state index is 12.8. The van der Waals surface area contributed by atoms with Crippen molar-refractivity contribution in [2.24, 2.45) is 0 Å². The molecule has 27 heavy (non-hydrogen) atoms. The van der Waals surface area contributed by atoms with Crippen LogP contribution in [0.15, 0.2) is 40.8 Å². The van der Waals surface area contributed by atoms with E-state index in [9.17, 15) is 14.4 Å². The molecule has 4 rings (SSSR count). The molecule has 0 N–H and O–H groups in total. The number of ether oxygens (including phenoxy) is 2. The average molecular weight is 386 g/mol. The number of hydrogen-bond acceptors (Lipinski definition) is 6. The standard InChI is InChI=1S/C19H12ClNO6/c1-25-16-12(21-17(22)9-5-3-4-6-10(9)18(21)23)8-13-11(15(16)20)7-14(27-13)19(24)26-2/h3-8H,1-2H3. The molecule has 0 aliphatic carbocycles. The van der Waals surface area contributed by atoms with Gasteiger partial charge in [-0.15, -0.1) is 0 Å². The fourth-order valence-electron chi connectivity index (χ4n) is 3.08. The number of halogens is 1. The van der Waals surface area contributed by atoms with Crippen LogP contribution in [0.5, 0.6) is 5.75 Å². The largest absolute Gasteiger partial charge is 0.493 e. The molecule has 1 aromatic heterocycles. The fourth-order valence-corrected chi connectivity index (χ4v) is 3.40. The monoisotopic (exact) mass is 385 g/mol. The molecule has 2 heterocycles. The van der Waals surface area contributed by atoms with Gasteiger partial charge in [-0.1, -0.05) is 23.7 Å². The van der Waals surface area contributed by atoms with E-state index in [1.165, 1.54) is 26.4 Å². The van der Waals surface area contributed by atoms with E-state index in [4.69, 9.17) is 20.8 Å². The number of benzene rings is 2. The number of furan rings is 1. The highest BCUT2D eigenvalue weighted by Crippen LogP contribution is 2.44. The lowest BCUT2D eigenvalue weighted by Crippen LogP contribution is -2.29. The molecule has 0 fully saturated rings. The third kappa shape index (κ3) is 2.39. The van der Waals surface area contributed by atoms with Crippen molar-refractivity contribution in [2.75, 3.05) is 19.1 Å². The molecule has 0 atom stereocenters. The van der Waals surface area contributed by atoms with E-state index in [1.54, 1.807) is 24.3 Å². The predicted molar refractivity (Wildman–Crippen MR) is 96.7 cm³/mol. The van der Waals surface area contributed by atoms with Crippen LogP contribution in [0.3, 0.4) is 0 Å². The second-order valence-corrected chi connectivity index (χ2v) is 6.13. The van der Waals surface area contributed by atoms with E-state index in [0.717, 1.165) is 4.90 Å². The predicted octanol–water partition coefficient (Wildman–Crippen LogP) is 3.68. The number of hydrogen-bond donors (Lipinski definition) is 0. The first-order valence-corrected chi connectivity index (χ1v) is 8.22. The summed E-state index contributed by atoms with van der Waals surface area (Å²) in [7, 11) is 2.60. The van der Waals surface area contributed by atoms with Crippen molar-refractivity contribution in [1.82, 2.24) is 0 Å². The number of esters is 1. The molecular weight excluding hydrogens is 374 g/mol. The molecule has 7 nitrogen and oxygen atoms in total. The Morgan fingerprint density at radius 2 is 1.70 bits per heavy atom. The number of carbonyl (C=O) groups excluding carboxylic acids is 3. The molecule has 1 aliphatic heterocycles. The number of carbonyl (C=O) groups is 3. The zero-order valence-electron chi connectivity index (χ0n) is 14.2. The lowest BCUT2D eigenvalue weighted by Gasteiger charge is -2.18. The molecule has 2 aromatic carbocycles. The van der Waals surface area contributed by atoms with Crippen LogP contribution < -0.4 is 9.64 Å². The van der Waals surface area contributed by atoms with Crippen molar-refractivity contribution in [3.8, 4) is 5.75 Å². The fraction of sp³-hybridized carbons (Fsp3) is 0.105. The summed E-state index contributed by atoms with van der Waals surface area (Å²) in [6, 6.07) is 9.35. The molecule has 0 radical (unpaired) electrons. The first kappa shape index (κ1) is 17.1.